The van der Waals surface area contributed by atoms with Gasteiger partial charge in [0.05, 0.1) is 11.0 Å². The van der Waals surface area contributed by atoms with Crippen LogP contribution >= 0.6 is 0 Å². The molecule has 1 fully saturated rings. The summed E-state index contributed by atoms with van der Waals surface area (Å²) in [6, 6.07) is 2.09. The van der Waals surface area contributed by atoms with Crippen molar-refractivity contribution in [1.82, 2.24) is 0 Å². The summed E-state index contributed by atoms with van der Waals surface area (Å²) >= 11 is 0. The van der Waals surface area contributed by atoms with Crippen LogP contribution in [0.4, 0.5) is 13.2 Å². The quantitative estimate of drug-likeness (QED) is 0.909. The van der Waals surface area contributed by atoms with E-state index < -0.39 is 23.1 Å². The highest BCUT2D eigenvalue weighted by molar-refractivity contribution is 5.84. The Kier molecular flexibility index (Phi) is 3.45. The Morgan fingerprint density at radius 1 is 1.14 bits per heavy atom. The van der Waals surface area contributed by atoms with Crippen LogP contribution in [0.1, 0.15) is 36.8 Å². The molecule has 120 valence electrons. The van der Waals surface area contributed by atoms with Crippen molar-refractivity contribution >= 4 is 5.97 Å². The molecule has 0 amide bonds. The number of benzene rings is 1. The van der Waals surface area contributed by atoms with E-state index in [9.17, 15) is 23.1 Å². The Hall–Kier alpha value is -1.92. The van der Waals surface area contributed by atoms with Gasteiger partial charge in [-0.25, -0.2) is 0 Å². The van der Waals surface area contributed by atoms with Gasteiger partial charge in [0.25, 0.3) is 0 Å². The Labute approximate surface area is 124 Å². The number of hydrogen-bond donors (Lipinski definition) is 1. The average Bonchev–Trinajstić information content (AvgIpc) is 2.95. The molecule has 2 aliphatic rings. The number of ether oxygens (including phenoxy) is 2. The molecule has 0 saturated heterocycles. The van der Waals surface area contributed by atoms with Gasteiger partial charge in [-0.05, 0) is 25.0 Å². The number of rotatable bonds is 2. The Morgan fingerprint density at radius 2 is 1.77 bits per heavy atom. The molecule has 1 aromatic carbocycles. The second-order valence-electron chi connectivity index (χ2n) is 5.60. The lowest BCUT2D eigenvalue weighted by Gasteiger charge is -2.32. The lowest BCUT2D eigenvalue weighted by molar-refractivity contribution is -0.146. The van der Waals surface area contributed by atoms with Crippen molar-refractivity contribution in [1.29, 1.82) is 0 Å². The normalized spacial score (nSPS) is 20.0. The van der Waals surface area contributed by atoms with Crippen molar-refractivity contribution in [3.05, 3.63) is 23.3 Å². The van der Waals surface area contributed by atoms with Crippen LogP contribution in [0.2, 0.25) is 0 Å². The van der Waals surface area contributed by atoms with Gasteiger partial charge in [-0.1, -0.05) is 12.8 Å². The standard InChI is InChI=1S/C15H15F3O4/c16-15(17,18)9-3-4-10-12(22-8-7-21-10)11(9)14(13(19)20)5-1-2-6-14/h3-4H,1-2,5-8H2,(H,19,20). The first-order chi connectivity index (χ1) is 10.4. The molecule has 7 heteroatoms. The molecule has 1 aromatic rings. The van der Waals surface area contributed by atoms with Crippen LogP contribution in [0.25, 0.3) is 0 Å². The molecule has 0 radical (unpaired) electrons. The topological polar surface area (TPSA) is 55.8 Å². The largest absolute Gasteiger partial charge is 0.486 e. The van der Waals surface area contributed by atoms with Crippen molar-refractivity contribution in [3.8, 4) is 11.5 Å². The van der Waals surface area contributed by atoms with Gasteiger partial charge in [0, 0.05) is 5.56 Å². The van der Waals surface area contributed by atoms with Gasteiger partial charge >= 0.3 is 12.1 Å². The number of carboxylic acid groups (broad SMARTS) is 1. The monoisotopic (exact) mass is 316 g/mol. The first kappa shape index (κ1) is 15.0. The van der Waals surface area contributed by atoms with Crippen LogP contribution in [0.5, 0.6) is 11.5 Å². The number of halogens is 3. The summed E-state index contributed by atoms with van der Waals surface area (Å²) in [6.45, 7) is 0.342. The van der Waals surface area contributed by atoms with Gasteiger partial charge < -0.3 is 14.6 Å². The minimum Gasteiger partial charge on any atom is -0.486 e. The van der Waals surface area contributed by atoms with Crippen molar-refractivity contribution in [2.45, 2.75) is 37.3 Å². The molecule has 0 unspecified atom stereocenters. The second-order valence-corrected chi connectivity index (χ2v) is 5.60. The van der Waals surface area contributed by atoms with E-state index in [-0.39, 0.29) is 43.1 Å². The highest BCUT2D eigenvalue weighted by Gasteiger charge is 2.51. The zero-order valence-corrected chi connectivity index (χ0v) is 11.7. The molecule has 1 aliphatic heterocycles. The molecular weight excluding hydrogens is 301 g/mol. The lowest BCUT2D eigenvalue weighted by atomic mass is 9.75. The summed E-state index contributed by atoms with van der Waals surface area (Å²) in [4.78, 5) is 11.8. The van der Waals surface area contributed by atoms with Gasteiger partial charge in [0.15, 0.2) is 11.5 Å². The molecule has 0 atom stereocenters. The zero-order valence-electron chi connectivity index (χ0n) is 11.7. The van der Waals surface area contributed by atoms with Gasteiger partial charge in [-0.2, -0.15) is 13.2 Å². The summed E-state index contributed by atoms with van der Waals surface area (Å²) < 4.78 is 51.0. The predicted octanol–water partition coefficient (Wildman–Crippen LogP) is 3.37. The lowest BCUT2D eigenvalue weighted by Crippen LogP contribution is -2.36. The number of hydrogen-bond acceptors (Lipinski definition) is 3. The molecule has 22 heavy (non-hydrogen) atoms. The van der Waals surface area contributed by atoms with E-state index in [1.807, 2.05) is 0 Å². The molecule has 0 bridgehead atoms. The summed E-state index contributed by atoms with van der Waals surface area (Å²) in [5.74, 6) is -1.12. The minimum atomic E-state index is -4.64. The Morgan fingerprint density at radius 3 is 2.36 bits per heavy atom. The number of carbonyl (C=O) groups is 1. The van der Waals surface area contributed by atoms with E-state index in [2.05, 4.69) is 0 Å². The van der Waals surface area contributed by atoms with E-state index in [0.717, 1.165) is 6.07 Å². The molecule has 1 saturated carbocycles. The number of alkyl halides is 3. The van der Waals surface area contributed by atoms with Crippen molar-refractivity contribution in [2.75, 3.05) is 13.2 Å². The summed E-state index contributed by atoms with van der Waals surface area (Å²) in [6.07, 6.45) is -3.14. The van der Waals surface area contributed by atoms with E-state index in [1.165, 1.54) is 6.07 Å². The van der Waals surface area contributed by atoms with Gasteiger partial charge in [0.1, 0.15) is 13.2 Å². The van der Waals surface area contributed by atoms with E-state index in [1.54, 1.807) is 0 Å². The minimum absolute atomic E-state index is 0.0645. The van der Waals surface area contributed by atoms with E-state index in [0.29, 0.717) is 12.8 Å². The van der Waals surface area contributed by atoms with Crippen molar-refractivity contribution < 1.29 is 32.5 Å². The van der Waals surface area contributed by atoms with Crippen LogP contribution in [-0.4, -0.2) is 24.3 Å². The molecule has 4 nitrogen and oxygen atoms in total. The maximum atomic E-state index is 13.4. The van der Waals surface area contributed by atoms with Crippen LogP contribution < -0.4 is 9.47 Å². The number of fused-ring (bicyclic) bond motifs is 1. The summed E-state index contributed by atoms with van der Waals surface area (Å²) in [5.41, 5.74) is -2.78. The van der Waals surface area contributed by atoms with E-state index in [4.69, 9.17) is 9.47 Å². The number of carboxylic acids is 1. The van der Waals surface area contributed by atoms with Crippen LogP contribution in [0, 0.1) is 0 Å². The third-order valence-electron chi connectivity index (χ3n) is 4.36. The smallest absolute Gasteiger partial charge is 0.416 e. The zero-order chi connectivity index (χ0) is 16.0. The fourth-order valence-electron chi connectivity index (χ4n) is 3.38. The fraction of sp³-hybridized carbons (Fsp3) is 0.533. The molecule has 0 aromatic heterocycles. The Balaban J connectivity index is 2.29. The maximum absolute atomic E-state index is 13.4. The second kappa shape index (κ2) is 5.07. The fourth-order valence-corrected chi connectivity index (χ4v) is 3.38. The van der Waals surface area contributed by atoms with Crippen LogP contribution in [0.15, 0.2) is 12.1 Å². The van der Waals surface area contributed by atoms with Gasteiger partial charge in [-0.3, -0.25) is 4.79 Å². The van der Waals surface area contributed by atoms with Crippen LogP contribution in [-0.2, 0) is 16.4 Å². The van der Waals surface area contributed by atoms with Crippen molar-refractivity contribution in [3.63, 3.8) is 0 Å². The first-order valence-corrected chi connectivity index (χ1v) is 7.10. The highest BCUT2D eigenvalue weighted by atomic mass is 19.4. The molecule has 1 aliphatic carbocycles. The SMILES string of the molecule is O=C(O)C1(c2c(C(F)(F)F)ccc3c2OCCO3)CCCC1. The first-order valence-electron chi connectivity index (χ1n) is 7.10. The van der Waals surface area contributed by atoms with Gasteiger partial charge in [0.2, 0.25) is 0 Å². The average molecular weight is 316 g/mol. The highest BCUT2D eigenvalue weighted by Crippen LogP contribution is 2.53. The van der Waals surface area contributed by atoms with Crippen molar-refractivity contribution in [2.24, 2.45) is 0 Å². The summed E-state index contributed by atoms with van der Waals surface area (Å²) in [7, 11) is 0. The Bertz CT molecular complexity index is 604. The third kappa shape index (κ3) is 2.19. The summed E-state index contributed by atoms with van der Waals surface area (Å²) in [5, 5.41) is 9.65. The molecular formula is C15H15F3O4. The maximum Gasteiger partial charge on any atom is 0.416 e. The molecule has 0 spiro atoms. The third-order valence-corrected chi connectivity index (χ3v) is 4.36. The van der Waals surface area contributed by atoms with Crippen LogP contribution in [0.3, 0.4) is 0 Å². The predicted molar refractivity (Wildman–Crippen MR) is 70.2 cm³/mol. The molecule has 3 rings (SSSR count). The number of aliphatic carboxylic acids is 1. The molecule has 1 N–H and O–H groups in total. The molecule has 1 heterocycles. The van der Waals surface area contributed by atoms with E-state index >= 15 is 0 Å². The van der Waals surface area contributed by atoms with Gasteiger partial charge in [-0.15, -0.1) is 0 Å².